The molecule has 0 atom stereocenters. The first-order chi connectivity index (χ1) is 14.9. The fourth-order valence-corrected chi connectivity index (χ4v) is 4.30. The molecule has 1 aliphatic rings. The zero-order valence-corrected chi connectivity index (χ0v) is 18.8. The standard InChI is InChI=1S/C24H31N3O3S/c1-20-12-16-27(17-13-20)19-22-7-9-23(10-8-22)26-24(28)11-15-25-31(29,30)18-14-21-5-3-2-4-6-21/h2-10,14,18,20,25H,11-13,15-17,19H2,1H3,(H,26,28). The van der Waals surface area contributed by atoms with Crippen LogP contribution in [-0.4, -0.2) is 38.9 Å². The Morgan fingerprint density at radius 3 is 2.42 bits per heavy atom. The number of carbonyl (C=O) groups excluding carboxylic acids is 1. The molecule has 1 fully saturated rings. The molecule has 2 N–H and O–H groups in total. The Kier molecular flexibility index (Phi) is 8.40. The minimum atomic E-state index is -3.59. The van der Waals surface area contributed by atoms with Crippen molar-refractivity contribution in [2.24, 2.45) is 5.92 Å². The Bertz CT molecular complexity index is 965. The Morgan fingerprint density at radius 1 is 1.06 bits per heavy atom. The maximum absolute atomic E-state index is 12.1. The van der Waals surface area contributed by atoms with E-state index in [4.69, 9.17) is 0 Å². The van der Waals surface area contributed by atoms with Gasteiger partial charge in [0.25, 0.3) is 0 Å². The number of rotatable bonds is 9. The van der Waals surface area contributed by atoms with Gasteiger partial charge >= 0.3 is 0 Å². The number of nitrogens with one attached hydrogen (secondary N) is 2. The van der Waals surface area contributed by atoms with Gasteiger partial charge in [0.2, 0.25) is 15.9 Å². The summed E-state index contributed by atoms with van der Waals surface area (Å²) in [5.41, 5.74) is 2.74. The third-order valence-electron chi connectivity index (χ3n) is 5.41. The molecule has 0 radical (unpaired) electrons. The zero-order chi connectivity index (χ0) is 22.1. The van der Waals surface area contributed by atoms with E-state index in [9.17, 15) is 13.2 Å². The molecule has 3 rings (SSSR count). The van der Waals surface area contributed by atoms with Gasteiger partial charge in [-0.15, -0.1) is 0 Å². The molecule has 1 aliphatic heterocycles. The van der Waals surface area contributed by atoms with E-state index in [0.29, 0.717) is 5.69 Å². The van der Waals surface area contributed by atoms with Crippen LogP contribution >= 0.6 is 0 Å². The van der Waals surface area contributed by atoms with Gasteiger partial charge in [-0.1, -0.05) is 49.4 Å². The van der Waals surface area contributed by atoms with Crippen LogP contribution in [0.25, 0.3) is 6.08 Å². The molecule has 0 aromatic heterocycles. The lowest BCUT2D eigenvalue weighted by Crippen LogP contribution is -2.32. The maximum atomic E-state index is 12.1. The number of hydrogen-bond acceptors (Lipinski definition) is 4. The first-order valence-corrected chi connectivity index (χ1v) is 12.3. The SMILES string of the molecule is CC1CCN(Cc2ccc(NC(=O)CCNS(=O)(=O)C=Cc3ccccc3)cc2)CC1. The highest BCUT2D eigenvalue weighted by molar-refractivity contribution is 7.92. The van der Waals surface area contributed by atoms with E-state index in [1.54, 1.807) is 0 Å². The highest BCUT2D eigenvalue weighted by Gasteiger charge is 2.15. The van der Waals surface area contributed by atoms with Crippen molar-refractivity contribution >= 4 is 27.7 Å². The van der Waals surface area contributed by atoms with E-state index in [2.05, 4.69) is 21.9 Å². The molecule has 1 saturated heterocycles. The topological polar surface area (TPSA) is 78.5 Å². The number of benzene rings is 2. The molecule has 1 heterocycles. The van der Waals surface area contributed by atoms with Crippen molar-refractivity contribution in [3.05, 3.63) is 71.1 Å². The first-order valence-electron chi connectivity index (χ1n) is 10.7. The largest absolute Gasteiger partial charge is 0.326 e. The lowest BCUT2D eigenvalue weighted by molar-refractivity contribution is -0.116. The summed E-state index contributed by atoms with van der Waals surface area (Å²) in [5, 5.41) is 3.93. The molecule has 2 aromatic rings. The average molecular weight is 442 g/mol. The Morgan fingerprint density at radius 2 is 1.74 bits per heavy atom. The monoisotopic (exact) mass is 441 g/mol. The van der Waals surface area contributed by atoms with Crippen LogP contribution in [0.4, 0.5) is 5.69 Å². The average Bonchev–Trinajstić information content (AvgIpc) is 2.76. The summed E-state index contributed by atoms with van der Waals surface area (Å²) < 4.78 is 26.5. The summed E-state index contributed by atoms with van der Waals surface area (Å²) in [5.74, 6) is 0.589. The predicted molar refractivity (Wildman–Crippen MR) is 126 cm³/mol. The predicted octanol–water partition coefficient (Wildman–Crippen LogP) is 3.84. The van der Waals surface area contributed by atoms with Gasteiger partial charge < -0.3 is 5.32 Å². The van der Waals surface area contributed by atoms with Crippen LogP contribution in [-0.2, 0) is 21.4 Å². The number of hydrogen-bond donors (Lipinski definition) is 2. The van der Waals surface area contributed by atoms with Gasteiger partial charge in [0.1, 0.15) is 0 Å². The highest BCUT2D eigenvalue weighted by atomic mass is 32.2. The van der Waals surface area contributed by atoms with Crippen LogP contribution in [0.15, 0.2) is 60.0 Å². The van der Waals surface area contributed by atoms with Gasteiger partial charge in [-0.2, -0.15) is 0 Å². The summed E-state index contributed by atoms with van der Waals surface area (Å²) in [6.45, 7) is 5.55. The molecular formula is C24H31N3O3S. The van der Waals surface area contributed by atoms with Crippen LogP contribution in [0.5, 0.6) is 0 Å². The second-order valence-electron chi connectivity index (χ2n) is 8.11. The van der Waals surface area contributed by atoms with Crippen LogP contribution in [0, 0.1) is 5.92 Å². The smallest absolute Gasteiger partial charge is 0.233 e. The second-order valence-corrected chi connectivity index (χ2v) is 9.76. The van der Waals surface area contributed by atoms with E-state index in [-0.39, 0.29) is 18.9 Å². The third-order valence-corrected chi connectivity index (χ3v) is 6.52. The molecular weight excluding hydrogens is 410 g/mol. The Hall–Kier alpha value is -2.48. The fraction of sp³-hybridized carbons (Fsp3) is 0.375. The molecule has 0 unspecified atom stereocenters. The van der Waals surface area contributed by atoms with E-state index in [0.717, 1.165) is 36.5 Å². The minimum absolute atomic E-state index is 0.0404. The van der Waals surface area contributed by atoms with E-state index < -0.39 is 10.0 Å². The minimum Gasteiger partial charge on any atom is -0.326 e. The Balaban J connectivity index is 1.39. The molecule has 1 amide bonds. The van der Waals surface area contributed by atoms with Crippen LogP contribution in [0.2, 0.25) is 0 Å². The molecule has 166 valence electrons. The van der Waals surface area contributed by atoms with Crippen molar-refractivity contribution < 1.29 is 13.2 Å². The molecule has 31 heavy (non-hydrogen) atoms. The molecule has 0 aliphatic carbocycles. The number of piperidine rings is 1. The number of likely N-dealkylation sites (tertiary alicyclic amines) is 1. The normalized spacial score (nSPS) is 15.9. The summed E-state index contributed by atoms with van der Waals surface area (Å²) in [6, 6.07) is 17.0. The zero-order valence-electron chi connectivity index (χ0n) is 18.0. The van der Waals surface area contributed by atoms with Crippen molar-refractivity contribution in [1.82, 2.24) is 9.62 Å². The second kappa shape index (κ2) is 11.2. The van der Waals surface area contributed by atoms with Gasteiger partial charge in [0.15, 0.2) is 0 Å². The maximum Gasteiger partial charge on any atom is 0.233 e. The van der Waals surface area contributed by atoms with E-state index >= 15 is 0 Å². The van der Waals surface area contributed by atoms with Gasteiger partial charge in [-0.05, 0) is 61.2 Å². The summed E-state index contributed by atoms with van der Waals surface area (Å²) in [6.07, 6.45) is 4.08. The van der Waals surface area contributed by atoms with Crippen molar-refractivity contribution in [3.8, 4) is 0 Å². The number of amides is 1. The quantitative estimate of drug-likeness (QED) is 0.620. The third kappa shape index (κ3) is 8.28. The summed E-state index contributed by atoms with van der Waals surface area (Å²) in [7, 11) is -3.59. The van der Waals surface area contributed by atoms with Crippen LogP contribution in [0.1, 0.15) is 37.3 Å². The molecule has 0 bridgehead atoms. The van der Waals surface area contributed by atoms with Gasteiger partial charge in [-0.25, -0.2) is 13.1 Å². The highest BCUT2D eigenvalue weighted by Crippen LogP contribution is 2.19. The number of anilines is 1. The number of nitrogens with zero attached hydrogens (tertiary/aromatic N) is 1. The van der Waals surface area contributed by atoms with Gasteiger partial charge in [0, 0.05) is 30.6 Å². The van der Waals surface area contributed by atoms with Crippen molar-refractivity contribution in [1.29, 1.82) is 0 Å². The first kappa shape index (κ1) is 23.2. The lowest BCUT2D eigenvalue weighted by atomic mass is 9.99. The lowest BCUT2D eigenvalue weighted by Gasteiger charge is -2.30. The van der Waals surface area contributed by atoms with Crippen molar-refractivity contribution in [2.45, 2.75) is 32.7 Å². The number of carbonyl (C=O) groups is 1. The Labute approximate surface area is 185 Å². The van der Waals surface area contributed by atoms with Crippen LogP contribution in [0.3, 0.4) is 0 Å². The molecule has 6 nitrogen and oxygen atoms in total. The molecule has 2 aromatic carbocycles. The van der Waals surface area contributed by atoms with E-state index in [1.807, 2.05) is 54.6 Å². The van der Waals surface area contributed by atoms with Crippen LogP contribution < -0.4 is 10.0 Å². The van der Waals surface area contributed by atoms with Crippen molar-refractivity contribution in [3.63, 3.8) is 0 Å². The summed E-state index contributed by atoms with van der Waals surface area (Å²) >= 11 is 0. The van der Waals surface area contributed by atoms with Crippen molar-refractivity contribution in [2.75, 3.05) is 25.0 Å². The van der Waals surface area contributed by atoms with Gasteiger partial charge in [-0.3, -0.25) is 9.69 Å². The molecule has 0 spiro atoms. The van der Waals surface area contributed by atoms with Gasteiger partial charge in [0.05, 0.1) is 0 Å². The fourth-order valence-electron chi connectivity index (χ4n) is 3.48. The van der Waals surface area contributed by atoms with E-state index in [1.165, 1.54) is 24.5 Å². The molecule has 7 heteroatoms. The summed E-state index contributed by atoms with van der Waals surface area (Å²) in [4.78, 5) is 14.6. The molecule has 0 saturated carbocycles. The number of sulfonamides is 1.